The van der Waals surface area contributed by atoms with E-state index >= 15 is 0 Å². The molecule has 0 heteroatoms. The fourth-order valence-corrected chi connectivity index (χ4v) is 53.7. The molecule has 0 bridgehead atoms. The van der Waals surface area contributed by atoms with Gasteiger partial charge in [-0.15, -0.1) is 0 Å². The third-order valence-electron chi connectivity index (χ3n) is 43.3. The predicted octanol–water partition coefficient (Wildman–Crippen LogP) is 5.15. The first-order chi connectivity index (χ1) is 25.8. The summed E-state index contributed by atoms with van der Waals surface area (Å²) in [6.45, 7) is 0. The lowest BCUT2D eigenvalue weighted by Crippen LogP contribution is -3.55. The van der Waals surface area contributed by atoms with Crippen molar-refractivity contribution in [3.63, 3.8) is 0 Å². The van der Waals surface area contributed by atoms with Crippen molar-refractivity contribution in [2.45, 2.75) is 32.1 Å². The average molecular weight is 661 g/mol. The van der Waals surface area contributed by atoms with E-state index < -0.39 is 0 Å². The topological polar surface area (TPSA) is 0 Å². The molecule has 0 radical (unpaired) electrons. The number of fused-ring (bicyclic) bond motifs is 20. The molecule has 25 unspecified atom stereocenters. The van der Waals surface area contributed by atoms with E-state index in [-0.39, 0.29) is 0 Å². The summed E-state index contributed by atoms with van der Waals surface area (Å²) in [5, 5.41) is 0. The van der Waals surface area contributed by atoms with Gasteiger partial charge in [0.25, 0.3) is 0 Å². The molecule has 21 spiro atoms. The maximum atomic E-state index is 1.92. The predicted molar refractivity (Wildman–Crippen MR) is 165 cm³/mol. The zero-order chi connectivity index (χ0) is 29.0. The quantitative estimate of drug-likeness (QED) is 0.338. The Labute approximate surface area is 298 Å². The Morgan fingerprint density at radius 2 is 0.481 bits per heavy atom. The van der Waals surface area contributed by atoms with E-state index in [1.165, 1.54) is 154 Å². The molecule has 0 saturated heterocycles. The van der Waals surface area contributed by atoms with E-state index in [2.05, 4.69) is 0 Å². The molecule has 0 aromatic carbocycles. The van der Waals surface area contributed by atoms with Crippen LogP contribution >= 0.6 is 0 Å². The highest BCUT2D eigenvalue weighted by molar-refractivity contribution is 6.02. The minimum absolute atomic E-state index is 1.08. The summed E-state index contributed by atoms with van der Waals surface area (Å²) in [6.07, 6.45) is 9.16. The van der Waals surface area contributed by atoms with Gasteiger partial charge in [-0.2, -0.15) is 0 Å². The highest BCUT2D eigenvalue weighted by Crippen LogP contribution is 3.59. The molecule has 47 atom stereocenters. The van der Waals surface area contributed by atoms with E-state index in [4.69, 9.17) is 0 Å². The van der Waals surface area contributed by atoms with Crippen LogP contribution in [0, 0.1) is 268 Å². The van der Waals surface area contributed by atoms with Crippen LogP contribution in [0.3, 0.4) is 0 Å². The van der Waals surface area contributed by atoms with E-state index in [0.29, 0.717) is 0 Å². The molecule has 52 heavy (non-hydrogen) atoms. The number of rotatable bonds is 0. The molecule has 35 aliphatic carbocycles. The molecule has 0 N–H and O–H groups in total. The van der Waals surface area contributed by atoms with E-state index in [9.17, 15) is 0 Å². The lowest BCUT2D eigenvalue weighted by Gasteiger charge is -3.56. The number of hydrogen-bond acceptors (Lipinski definition) is 0. The van der Waals surface area contributed by atoms with Crippen LogP contribution in [0.4, 0.5) is 0 Å². The Balaban J connectivity index is 0.745. The van der Waals surface area contributed by atoms with Gasteiger partial charge in [0.05, 0.1) is 0 Å². The summed E-state index contributed by atoms with van der Waals surface area (Å²) in [6, 6.07) is 0. The first-order valence-corrected chi connectivity index (χ1v) is 25.8. The third-order valence-corrected chi connectivity index (χ3v) is 43.3. The van der Waals surface area contributed by atoms with Crippen molar-refractivity contribution < 1.29 is 0 Å². The monoisotopic (exact) mass is 660 g/mol. The van der Waals surface area contributed by atoms with Gasteiger partial charge in [0.15, 0.2) is 0 Å². The Morgan fingerprint density at radius 3 is 1.00 bits per heavy atom. The zero-order valence-electron chi connectivity index (χ0n) is 29.0. The maximum Gasteiger partial charge on any atom is -0.00502 e. The van der Waals surface area contributed by atoms with Crippen molar-refractivity contribution in [1.82, 2.24) is 0 Å². The maximum absolute atomic E-state index is 1.92. The molecule has 0 aromatic heterocycles. The van der Waals surface area contributed by atoms with Crippen LogP contribution in [0.5, 0.6) is 0 Å². The summed E-state index contributed by atoms with van der Waals surface area (Å²) in [5.74, 6) is 36.0. The Bertz CT molecular complexity index is 2910. The second-order valence-corrected chi connectivity index (χ2v) is 33.0. The van der Waals surface area contributed by atoms with E-state index in [1.807, 2.05) is 25.7 Å². The minimum atomic E-state index is 1.08. The lowest BCUT2D eigenvalue weighted by molar-refractivity contribution is -1.11. The summed E-state index contributed by atoms with van der Waals surface area (Å²) in [4.78, 5) is 0. The molecular formula is C52H36. The van der Waals surface area contributed by atoms with Crippen molar-refractivity contribution in [2.24, 2.45) is 268 Å². The van der Waals surface area contributed by atoms with Gasteiger partial charge >= 0.3 is 0 Å². The van der Waals surface area contributed by atoms with Crippen molar-refractivity contribution in [3.05, 3.63) is 0 Å². The fraction of sp³-hybridized carbons (Fsp3) is 1.00. The van der Waals surface area contributed by atoms with Crippen molar-refractivity contribution in [3.8, 4) is 0 Å². The highest BCUT2D eigenvalue weighted by Gasteiger charge is 3.57. The third kappa shape index (κ3) is 0.444. The van der Waals surface area contributed by atoms with Crippen LogP contribution in [0.15, 0.2) is 0 Å². The van der Waals surface area contributed by atoms with Gasteiger partial charge in [-0.05, 0) is 300 Å². The van der Waals surface area contributed by atoms with Gasteiger partial charge in [0, 0.05) is 0 Å². The van der Waals surface area contributed by atoms with E-state index in [1.54, 1.807) is 6.42 Å². The lowest BCUT2D eigenvalue weighted by atomic mass is 8.47. The standard InChI is InChI=1S/C52H36/c1-6-8-2-12-16-20-24-28-30-29-27-22-18-14-4-10-9-3-13-17-21-25-26-23-19-15-5-11-7(1)32(6)33(8,12)39(16)36(11,32)31-37(15)40(24,38(20,31)39)44(28)43(19,37)47(23)48(30,44)52(29)50(27)46(22)42(18)35(10,14)34(9,13)41(17,42)45(21,46)49(25,50)51(26,47)52/h6-31H,1-5H2/t6?,7?,8-,9?,10?,11?,12+,13?,14-,15?,16+,17?,18-,19?,20+,21?,22-,23?,24+,25?,26?,27-,28+,29-,30+,31?,32+,33?,34-,35?,36-,37-,38?,39?,40?,41+,42?,43-,44?,45+,46?,47-,48?,49+,50?,51+,52?/m1/s1. The van der Waals surface area contributed by atoms with Crippen LogP contribution in [-0.2, 0) is 0 Å². The molecule has 0 heterocycles. The summed E-state index contributed by atoms with van der Waals surface area (Å²) < 4.78 is 0. The van der Waals surface area contributed by atoms with Crippen LogP contribution in [-0.4, -0.2) is 0 Å². The molecule has 0 aromatic rings. The van der Waals surface area contributed by atoms with Crippen molar-refractivity contribution in [2.75, 3.05) is 0 Å². The van der Waals surface area contributed by atoms with Crippen LogP contribution in [0.25, 0.3) is 0 Å². The number of hydrogen-bond donors (Lipinski definition) is 0. The van der Waals surface area contributed by atoms with Gasteiger partial charge in [0.2, 0.25) is 0 Å². The van der Waals surface area contributed by atoms with E-state index in [0.717, 1.165) is 114 Å². The molecule has 35 fully saturated rings. The Kier molecular flexibility index (Phi) is 1.03. The van der Waals surface area contributed by atoms with Gasteiger partial charge in [-0.25, -0.2) is 0 Å². The van der Waals surface area contributed by atoms with Crippen molar-refractivity contribution in [1.29, 1.82) is 0 Å². The Hall–Kier alpha value is 0. The summed E-state index contributed by atoms with van der Waals surface area (Å²) >= 11 is 0. The molecule has 35 aliphatic rings. The average Bonchev–Trinajstić information content (AvgIpc) is 3.01. The molecular weight excluding hydrogens is 625 g/mol. The Morgan fingerprint density at radius 1 is 0.173 bits per heavy atom. The second-order valence-electron chi connectivity index (χ2n) is 33.0. The summed E-state index contributed by atoms with van der Waals surface area (Å²) in [7, 11) is 0. The van der Waals surface area contributed by atoms with Crippen molar-refractivity contribution >= 4 is 0 Å². The van der Waals surface area contributed by atoms with Crippen LogP contribution in [0.1, 0.15) is 32.1 Å². The highest BCUT2D eigenvalue weighted by atomic mass is 15.6. The largest absolute Gasteiger partial charge is 0.0458 e. The zero-order valence-corrected chi connectivity index (χ0v) is 29.0. The normalized spacial score (nSPS) is 134. The first-order valence-electron chi connectivity index (χ1n) is 25.8. The summed E-state index contributed by atoms with van der Waals surface area (Å²) in [5.41, 5.74) is 23.3. The molecule has 35 saturated carbocycles. The molecule has 0 aliphatic heterocycles. The second kappa shape index (κ2) is 2.92. The van der Waals surface area contributed by atoms with Crippen LogP contribution in [0.2, 0.25) is 0 Å². The fourth-order valence-electron chi connectivity index (χ4n) is 53.7. The molecule has 244 valence electrons. The van der Waals surface area contributed by atoms with Gasteiger partial charge in [0.1, 0.15) is 0 Å². The first kappa shape index (κ1) is 18.3. The molecule has 0 nitrogen and oxygen atoms in total. The smallest absolute Gasteiger partial charge is 0.00502 e. The molecule has 0 amide bonds. The van der Waals surface area contributed by atoms with Gasteiger partial charge in [-0.1, -0.05) is 0 Å². The van der Waals surface area contributed by atoms with Gasteiger partial charge < -0.3 is 0 Å². The SMILES string of the molecule is C1C2C3CC4C5C6C7C8C9C%10C%11CC%12C%13C[C@@H]%14[C@@H]%15[C@@H]%16[C@@H]%17[C@@H]%18[C@@H]%19[C@@H]%20[C@@H]%21[C@@H]%22[C@@H]%23[C@@H]%24C[C@@H]%25C1[C@@]21C%25%24C%232C%22%23C([C@@]321)[C@@]41C%21%23C%202C%193C%184C%17%18C%16%17C%15%16C%13%14[C@@]%12%11[C@@]%10%16[C@@]9%17[C@@]8%18[C@@]74[C@@]63[C@@]521. The van der Waals surface area contributed by atoms with Crippen LogP contribution < -0.4 is 0 Å². The van der Waals surface area contributed by atoms with Gasteiger partial charge in [-0.3, -0.25) is 0 Å². The minimum Gasteiger partial charge on any atom is -0.0458 e. The molecule has 35 rings (SSSR count).